The molecule has 2 N–H and O–H groups in total. The van der Waals surface area contributed by atoms with Crippen molar-refractivity contribution in [1.82, 2.24) is 5.32 Å². The van der Waals surface area contributed by atoms with Crippen molar-refractivity contribution in [3.8, 4) is 0 Å². The molecule has 0 amide bonds. The Balaban J connectivity index is 3.27. The van der Waals surface area contributed by atoms with Crippen LogP contribution in [0, 0.1) is 11.8 Å². The van der Waals surface area contributed by atoms with Crippen molar-refractivity contribution < 1.29 is 5.11 Å². The first-order valence-corrected chi connectivity index (χ1v) is 10.7. The quantitative estimate of drug-likeness (QED) is 0.172. The van der Waals surface area contributed by atoms with Crippen molar-refractivity contribution in [2.75, 3.05) is 6.54 Å². The fraction of sp³-hybridized carbons (Fsp3) is 0.600. The molecule has 0 bridgehead atoms. The minimum Gasteiger partial charge on any atom is -0.512 e. The molecule has 1 aliphatic carbocycles. The smallest absolute Gasteiger partial charge is 0.0936 e. The zero-order valence-electron chi connectivity index (χ0n) is 18.3. The lowest BCUT2D eigenvalue weighted by atomic mass is 9.81. The largest absolute Gasteiger partial charge is 0.512 e. The molecular weight excluding hydrogens is 330 g/mol. The molecule has 0 radical (unpaired) electrons. The zero-order valence-corrected chi connectivity index (χ0v) is 18.3. The summed E-state index contributed by atoms with van der Waals surface area (Å²) in [5.41, 5.74) is 5.60. The van der Waals surface area contributed by atoms with Gasteiger partial charge in [-0.2, -0.15) is 0 Å². The van der Waals surface area contributed by atoms with Crippen molar-refractivity contribution in [2.24, 2.45) is 11.8 Å². The molecule has 27 heavy (non-hydrogen) atoms. The van der Waals surface area contributed by atoms with Crippen LogP contribution in [0.5, 0.6) is 0 Å². The molecule has 1 unspecified atom stereocenters. The molecule has 0 saturated heterocycles. The van der Waals surface area contributed by atoms with E-state index >= 15 is 0 Å². The van der Waals surface area contributed by atoms with Crippen LogP contribution in [0.4, 0.5) is 0 Å². The third-order valence-corrected chi connectivity index (χ3v) is 5.26. The van der Waals surface area contributed by atoms with E-state index in [9.17, 15) is 5.11 Å². The van der Waals surface area contributed by atoms with Gasteiger partial charge in [-0.05, 0) is 63.0 Å². The van der Waals surface area contributed by atoms with Crippen LogP contribution in [0.25, 0.3) is 0 Å². The fourth-order valence-corrected chi connectivity index (χ4v) is 3.80. The van der Waals surface area contributed by atoms with Gasteiger partial charge in [-0.1, -0.05) is 64.5 Å². The normalized spacial score (nSPS) is 19.2. The lowest BCUT2D eigenvalue weighted by molar-refractivity contribution is 0.397. The number of nitrogens with one attached hydrogen (secondary N) is 1. The lowest BCUT2D eigenvalue weighted by Crippen LogP contribution is -2.24. The Labute approximate surface area is 167 Å². The molecule has 0 fully saturated rings. The third-order valence-electron chi connectivity index (χ3n) is 5.26. The first-order valence-electron chi connectivity index (χ1n) is 10.7. The maximum atomic E-state index is 10.5. The predicted octanol–water partition coefficient (Wildman–Crippen LogP) is 7.39. The van der Waals surface area contributed by atoms with Gasteiger partial charge in [-0.15, -0.1) is 0 Å². The molecule has 0 aromatic rings. The van der Waals surface area contributed by atoms with Crippen LogP contribution in [0.2, 0.25) is 0 Å². The van der Waals surface area contributed by atoms with Crippen LogP contribution in [0.1, 0.15) is 79.6 Å². The summed E-state index contributed by atoms with van der Waals surface area (Å²) in [6, 6.07) is 0. The predicted molar refractivity (Wildman–Crippen MR) is 120 cm³/mol. The van der Waals surface area contributed by atoms with Crippen LogP contribution in [0.15, 0.2) is 59.1 Å². The van der Waals surface area contributed by atoms with Gasteiger partial charge >= 0.3 is 0 Å². The van der Waals surface area contributed by atoms with Crippen LogP contribution in [0.3, 0.4) is 0 Å². The molecule has 0 aromatic carbocycles. The molecular formula is C25H41NO. The van der Waals surface area contributed by atoms with Crippen LogP contribution < -0.4 is 5.32 Å². The number of aliphatic hydroxyl groups is 1. The molecule has 0 spiro atoms. The molecule has 1 atom stereocenters. The van der Waals surface area contributed by atoms with Crippen molar-refractivity contribution >= 4 is 0 Å². The molecule has 1 rings (SSSR count). The van der Waals surface area contributed by atoms with Crippen molar-refractivity contribution in [2.45, 2.75) is 79.6 Å². The first kappa shape index (κ1) is 23.3. The molecule has 0 aliphatic heterocycles. The average Bonchev–Trinajstić information content (AvgIpc) is 2.60. The first-order chi connectivity index (χ1) is 12.8. The standard InChI is InChI=1S/C25H41NO/c1-8-10-11-14-22(9-2)25(26-17-18(3)4)20(6)24(21(7)27)23-15-12-13-19(5)16-23/h9,16,18,23,26-27H,2,6,8,10-15,17H2,1,3-5,7H3/b24-21-,25-22-. The number of hydrogen-bond donors (Lipinski definition) is 2. The second-order valence-electron chi connectivity index (χ2n) is 8.33. The van der Waals surface area contributed by atoms with Gasteiger partial charge in [0.25, 0.3) is 0 Å². The summed E-state index contributed by atoms with van der Waals surface area (Å²) in [5.74, 6) is 1.17. The Morgan fingerprint density at radius 2 is 2.07 bits per heavy atom. The average molecular weight is 372 g/mol. The van der Waals surface area contributed by atoms with Gasteiger partial charge in [0, 0.05) is 23.7 Å². The molecule has 0 aromatic heterocycles. The molecule has 152 valence electrons. The number of rotatable bonds is 11. The minimum atomic E-state index is 0.244. The zero-order chi connectivity index (χ0) is 20.4. The van der Waals surface area contributed by atoms with Gasteiger partial charge in [0.2, 0.25) is 0 Å². The van der Waals surface area contributed by atoms with Gasteiger partial charge in [0.1, 0.15) is 0 Å². The van der Waals surface area contributed by atoms with E-state index in [4.69, 9.17) is 0 Å². The summed E-state index contributed by atoms with van der Waals surface area (Å²) in [5, 5.41) is 14.2. The Bertz CT molecular complexity index is 600. The van der Waals surface area contributed by atoms with E-state index < -0.39 is 0 Å². The van der Waals surface area contributed by atoms with Gasteiger partial charge < -0.3 is 10.4 Å². The van der Waals surface area contributed by atoms with Crippen LogP contribution in [-0.2, 0) is 0 Å². The van der Waals surface area contributed by atoms with E-state index in [-0.39, 0.29) is 5.92 Å². The van der Waals surface area contributed by atoms with E-state index in [2.05, 4.69) is 52.2 Å². The highest BCUT2D eigenvalue weighted by Crippen LogP contribution is 2.36. The second kappa shape index (κ2) is 11.9. The maximum absolute atomic E-state index is 10.5. The summed E-state index contributed by atoms with van der Waals surface area (Å²) < 4.78 is 0. The molecule has 1 aliphatic rings. The Kier molecular flexibility index (Phi) is 10.3. The van der Waals surface area contributed by atoms with E-state index in [1.807, 2.05) is 6.08 Å². The highest BCUT2D eigenvalue weighted by Gasteiger charge is 2.23. The summed E-state index contributed by atoms with van der Waals surface area (Å²) in [7, 11) is 0. The number of allylic oxidation sites excluding steroid dienone is 6. The Morgan fingerprint density at radius 1 is 1.37 bits per heavy atom. The number of aliphatic hydroxyl groups excluding tert-OH is 1. The van der Waals surface area contributed by atoms with Gasteiger partial charge in [-0.3, -0.25) is 0 Å². The van der Waals surface area contributed by atoms with E-state index in [0.29, 0.717) is 11.7 Å². The van der Waals surface area contributed by atoms with E-state index in [0.717, 1.165) is 49.1 Å². The molecule has 2 nitrogen and oxygen atoms in total. The number of unbranched alkanes of at least 4 members (excludes halogenated alkanes) is 2. The molecule has 2 heteroatoms. The summed E-state index contributed by atoms with van der Waals surface area (Å²) in [6.45, 7) is 20.0. The highest BCUT2D eigenvalue weighted by molar-refractivity contribution is 5.51. The Morgan fingerprint density at radius 3 is 2.59 bits per heavy atom. The number of hydrogen-bond acceptors (Lipinski definition) is 2. The van der Waals surface area contributed by atoms with Gasteiger partial charge in [-0.25, -0.2) is 0 Å². The topological polar surface area (TPSA) is 32.3 Å². The second-order valence-corrected chi connectivity index (χ2v) is 8.33. The maximum Gasteiger partial charge on any atom is 0.0936 e. The van der Waals surface area contributed by atoms with E-state index in [1.54, 1.807) is 6.92 Å². The van der Waals surface area contributed by atoms with Crippen molar-refractivity contribution in [1.29, 1.82) is 0 Å². The van der Waals surface area contributed by atoms with Crippen molar-refractivity contribution in [3.63, 3.8) is 0 Å². The van der Waals surface area contributed by atoms with Crippen LogP contribution >= 0.6 is 0 Å². The molecule has 0 saturated carbocycles. The SMILES string of the molecule is C=C/C(CCCCC)=C(/NCC(C)C)C(=C)/C(=C(\C)O)C1C=C(C)CCC1. The van der Waals surface area contributed by atoms with Gasteiger partial charge in [0.15, 0.2) is 0 Å². The van der Waals surface area contributed by atoms with Gasteiger partial charge in [0.05, 0.1) is 5.76 Å². The summed E-state index contributed by atoms with van der Waals surface area (Å²) in [4.78, 5) is 0. The summed E-state index contributed by atoms with van der Waals surface area (Å²) >= 11 is 0. The highest BCUT2D eigenvalue weighted by atomic mass is 16.3. The van der Waals surface area contributed by atoms with Crippen molar-refractivity contribution in [3.05, 3.63) is 59.1 Å². The van der Waals surface area contributed by atoms with E-state index in [1.165, 1.54) is 30.4 Å². The minimum absolute atomic E-state index is 0.244. The third kappa shape index (κ3) is 7.44. The summed E-state index contributed by atoms with van der Waals surface area (Å²) in [6.07, 6.45) is 12.2. The lowest BCUT2D eigenvalue weighted by Gasteiger charge is -2.27. The fourth-order valence-electron chi connectivity index (χ4n) is 3.80. The van der Waals surface area contributed by atoms with Crippen LogP contribution in [-0.4, -0.2) is 11.7 Å². The molecule has 0 heterocycles. The Hall–Kier alpha value is -1.70. The monoisotopic (exact) mass is 371 g/mol.